The van der Waals surface area contributed by atoms with Crippen LogP contribution in [0.5, 0.6) is 0 Å². The first-order valence-corrected chi connectivity index (χ1v) is 11.8. The van der Waals surface area contributed by atoms with Crippen LogP contribution >= 0.6 is 0 Å². The molecule has 0 spiro atoms. The summed E-state index contributed by atoms with van der Waals surface area (Å²) < 4.78 is 9.81. The number of hydrogen-bond acceptors (Lipinski definition) is 5. The summed E-state index contributed by atoms with van der Waals surface area (Å²) in [5.74, 6) is -0.883. The maximum Gasteiger partial charge on any atom is 0.333 e. The minimum atomic E-state index is -1.01. The summed E-state index contributed by atoms with van der Waals surface area (Å²) in [6.07, 6.45) is 19.8. The first kappa shape index (κ1) is 28.4. The van der Waals surface area contributed by atoms with Crippen molar-refractivity contribution in [3.05, 3.63) is 24.3 Å². The van der Waals surface area contributed by atoms with Crippen LogP contribution in [-0.4, -0.2) is 36.4 Å². The van der Waals surface area contributed by atoms with Gasteiger partial charge in [0.05, 0.1) is 0 Å². The summed E-state index contributed by atoms with van der Waals surface area (Å²) in [5.41, 5.74) is 0.267. The molecule has 0 aromatic rings. The Balaban J connectivity index is 3.41. The Labute approximate surface area is 183 Å². The second-order valence-corrected chi connectivity index (χ2v) is 8.05. The molecular weight excluding hydrogens is 380 g/mol. The number of carbonyl (C=O) groups is 2. The van der Waals surface area contributed by atoms with Gasteiger partial charge in [-0.2, -0.15) is 0 Å². The van der Waals surface area contributed by atoms with Crippen LogP contribution in [0, 0.1) is 0 Å². The van der Waals surface area contributed by atoms with Crippen molar-refractivity contribution >= 4 is 11.9 Å². The molecule has 174 valence electrons. The highest BCUT2D eigenvalue weighted by Gasteiger charge is 2.12. The molecule has 1 atom stereocenters. The molecule has 0 bridgehead atoms. The normalized spacial score (nSPS) is 12.1. The number of carbonyl (C=O) groups excluding carboxylic acids is 2. The third-order valence-electron chi connectivity index (χ3n) is 4.83. The van der Waals surface area contributed by atoms with E-state index in [-0.39, 0.29) is 24.8 Å². The van der Waals surface area contributed by atoms with Gasteiger partial charge in [-0.1, -0.05) is 77.0 Å². The van der Waals surface area contributed by atoms with E-state index in [0.29, 0.717) is 6.42 Å². The molecule has 0 saturated heterocycles. The van der Waals surface area contributed by atoms with Crippen LogP contribution in [0.2, 0.25) is 0 Å². The zero-order valence-corrected chi connectivity index (χ0v) is 19.3. The van der Waals surface area contributed by atoms with Crippen molar-refractivity contribution in [1.82, 2.24) is 0 Å². The van der Waals surface area contributed by atoms with Crippen molar-refractivity contribution in [3.8, 4) is 0 Å². The van der Waals surface area contributed by atoms with Gasteiger partial charge in [0.15, 0.2) is 0 Å². The molecule has 0 aliphatic heterocycles. The fraction of sp³-hybridized carbons (Fsp3) is 0.760. The molecule has 5 nitrogen and oxygen atoms in total. The van der Waals surface area contributed by atoms with Crippen molar-refractivity contribution in [2.24, 2.45) is 0 Å². The van der Waals surface area contributed by atoms with E-state index in [1.807, 2.05) is 0 Å². The Morgan fingerprint density at radius 1 is 0.833 bits per heavy atom. The number of aliphatic hydroxyl groups is 1. The van der Waals surface area contributed by atoms with Crippen molar-refractivity contribution in [3.63, 3.8) is 0 Å². The van der Waals surface area contributed by atoms with Gasteiger partial charge in [0, 0.05) is 12.0 Å². The average molecular weight is 425 g/mol. The fourth-order valence-corrected chi connectivity index (χ4v) is 2.94. The highest BCUT2D eigenvalue weighted by molar-refractivity contribution is 5.86. The Hall–Kier alpha value is -1.62. The lowest BCUT2D eigenvalue weighted by molar-refractivity contribution is -0.150. The van der Waals surface area contributed by atoms with E-state index in [9.17, 15) is 14.7 Å². The van der Waals surface area contributed by atoms with Crippen LogP contribution in [0.4, 0.5) is 0 Å². The first-order valence-electron chi connectivity index (χ1n) is 11.8. The van der Waals surface area contributed by atoms with E-state index >= 15 is 0 Å². The standard InChI is InChI=1S/C25H44O5/c1-4-5-6-7-8-9-10-11-12-13-14-15-16-17-18-19-24(27)29-20-23(26)21-30-25(28)22(2)3/h11-12,23,26H,2,4-10,13-21H2,1,3H3/b12-11-. The van der Waals surface area contributed by atoms with Crippen molar-refractivity contribution in [1.29, 1.82) is 0 Å². The molecule has 0 radical (unpaired) electrons. The monoisotopic (exact) mass is 424 g/mol. The number of allylic oxidation sites excluding steroid dienone is 2. The van der Waals surface area contributed by atoms with Gasteiger partial charge in [-0.05, 0) is 39.0 Å². The van der Waals surface area contributed by atoms with Crippen LogP contribution in [0.1, 0.15) is 104 Å². The van der Waals surface area contributed by atoms with Crippen LogP contribution in [-0.2, 0) is 19.1 Å². The van der Waals surface area contributed by atoms with Gasteiger partial charge in [-0.15, -0.1) is 0 Å². The van der Waals surface area contributed by atoms with E-state index in [1.165, 1.54) is 64.7 Å². The fourth-order valence-electron chi connectivity index (χ4n) is 2.94. The lowest BCUT2D eigenvalue weighted by Gasteiger charge is -2.12. The molecule has 0 rings (SSSR count). The number of rotatable bonds is 20. The molecule has 1 N–H and O–H groups in total. The zero-order valence-electron chi connectivity index (χ0n) is 19.3. The quantitative estimate of drug-likeness (QED) is 0.111. The van der Waals surface area contributed by atoms with E-state index in [4.69, 9.17) is 9.47 Å². The van der Waals surface area contributed by atoms with Crippen molar-refractivity contribution < 1.29 is 24.2 Å². The van der Waals surface area contributed by atoms with E-state index in [2.05, 4.69) is 25.7 Å². The lowest BCUT2D eigenvalue weighted by atomic mass is 10.1. The Morgan fingerprint density at radius 2 is 1.33 bits per heavy atom. The van der Waals surface area contributed by atoms with Crippen LogP contribution in [0.15, 0.2) is 24.3 Å². The van der Waals surface area contributed by atoms with E-state index in [1.54, 1.807) is 0 Å². The van der Waals surface area contributed by atoms with E-state index < -0.39 is 12.1 Å². The van der Waals surface area contributed by atoms with Gasteiger partial charge in [-0.25, -0.2) is 4.79 Å². The lowest BCUT2D eigenvalue weighted by Crippen LogP contribution is -2.25. The number of unbranched alkanes of at least 4 members (excludes halogenated alkanes) is 11. The van der Waals surface area contributed by atoms with Crippen LogP contribution < -0.4 is 0 Å². The van der Waals surface area contributed by atoms with E-state index in [0.717, 1.165) is 25.7 Å². The Bertz CT molecular complexity index is 484. The topological polar surface area (TPSA) is 72.8 Å². The third-order valence-corrected chi connectivity index (χ3v) is 4.83. The summed E-state index contributed by atoms with van der Waals surface area (Å²) in [4.78, 5) is 22.9. The molecule has 30 heavy (non-hydrogen) atoms. The molecule has 0 aliphatic rings. The number of hydrogen-bond donors (Lipinski definition) is 1. The highest BCUT2D eigenvalue weighted by atomic mass is 16.6. The van der Waals surface area contributed by atoms with Crippen molar-refractivity contribution in [2.75, 3.05) is 13.2 Å². The SMILES string of the molecule is C=C(C)C(=O)OCC(O)COC(=O)CCCCCCC/C=C\CCCCCCCC. The maximum atomic E-state index is 11.7. The predicted molar refractivity (Wildman–Crippen MR) is 122 cm³/mol. The first-order chi connectivity index (χ1) is 14.5. The molecule has 0 aromatic heterocycles. The molecule has 1 unspecified atom stereocenters. The second-order valence-electron chi connectivity index (χ2n) is 8.05. The zero-order chi connectivity index (χ0) is 22.5. The highest BCUT2D eigenvalue weighted by Crippen LogP contribution is 2.10. The summed E-state index contributed by atoms with van der Waals surface area (Å²) in [5, 5.41) is 9.64. The Morgan fingerprint density at radius 3 is 1.90 bits per heavy atom. The van der Waals surface area contributed by atoms with Gasteiger partial charge < -0.3 is 14.6 Å². The smallest absolute Gasteiger partial charge is 0.333 e. The minimum absolute atomic E-state index is 0.159. The van der Waals surface area contributed by atoms with Gasteiger partial charge in [0.25, 0.3) is 0 Å². The number of ether oxygens (including phenoxy) is 2. The molecule has 5 heteroatoms. The van der Waals surface area contributed by atoms with Gasteiger partial charge >= 0.3 is 11.9 Å². The molecule has 0 aliphatic carbocycles. The van der Waals surface area contributed by atoms with Crippen LogP contribution in [0.3, 0.4) is 0 Å². The predicted octanol–water partition coefficient (Wildman–Crippen LogP) is 6.05. The maximum absolute atomic E-state index is 11.7. The van der Waals surface area contributed by atoms with Crippen molar-refractivity contribution in [2.45, 2.75) is 110 Å². The average Bonchev–Trinajstić information content (AvgIpc) is 2.73. The molecule has 0 fully saturated rings. The summed E-state index contributed by atoms with van der Waals surface area (Å²) >= 11 is 0. The summed E-state index contributed by atoms with van der Waals surface area (Å²) in [7, 11) is 0. The Kier molecular flexibility index (Phi) is 19.5. The van der Waals surface area contributed by atoms with Crippen LogP contribution in [0.25, 0.3) is 0 Å². The molecule has 0 saturated carbocycles. The molecule has 0 amide bonds. The minimum Gasteiger partial charge on any atom is -0.463 e. The summed E-state index contributed by atoms with van der Waals surface area (Å²) in [6.45, 7) is 6.87. The summed E-state index contributed by atoms with van der Waals surface area (Å²) in [6, 6.07) is 0. The number of aliphatic hydroxyl groups excluding tert-OH is 1. The molecule has 0 aromatic carbocycles. The van der Waals surface area contributed by atoms with Gasteiger partial charge in [-0.3, -0.25) is 4.79 Å². The second kappa shape index (κ2) is 20.6. The molecule has 0 heterocycles. The van der Waals surface area contributed by atoms with Gasteiger partial charge in [0.2, 0.25) is 0 Å². The third kappa shape index (κ3) is 19.7. The molecular formula is C25H44O5. The van der Waals surface area contributed by atoms with Gasteiger partial charge in [0.1, 0.15) is 19.3 Å². The largest absolute Gasteiger partial charge is 0.463 e. The number of esters is 2.